The first-order chi connectivity index (χ1) is 16.1. The van der Waals surface area contributed by atoms with Crippen molar-refractivity contribution in [2.75, 3.05) is 49.3 Å². The van der Waals surface area contributed by atoms with Crippen LogP contribution < -0.4 is 21.5 Å². The minimum absolute atomic E-state index is 0.554. The van der Waals surface area contributed by atoms with Crippen molar-refractivity contribution in [3.63, 3.8) is 0 Å². The predicted octanol–water partition coefficient (Wildman–Crippen LogP) is 3.62. The number of para-hydroxylation sites is 1. The molecule has 3 heterocycles. The largest absolute Gasteiger partial charge is 0.338 e. The van der Waals surface area contributed by atoms with Crippen LogP contribution in [0.25, 0.3) is 5.70 Å². The number of anilines is 4. The lowest BCUT2D eigenvalue weighted by Gasteiger charge is -2.32. The van der Waals surface area contributed by atoms with E-state index in [-0.39, 0.29) is 0 Å². The molecular weight excluding hydrogens is 412 g/mol. The number of aryl methyl sites for hydroxylation is 1. The average Bonchev–Trinajstić information content (AvgIpc) is 2.83. The summed E-state index contributed by atoms with van der Waals surface area (Å²) < 4.78 is 0. The summed E-state index contributed by atoms with van der Waals surface area (Å²) >= 11 is 0. The average molecular weight is 443 g/mol. The summed E-state index contributed by atoms with van der Waals surface area (Å²) in [6.45, 7) is 7.58. The summed E-state index contributed by atoms with van der Waals surface area (Å²) in [6, 6.07) is 16.6. The van der Waals surface area contributed by atoms with Gasteiger partial charge in [0.05, 0.1) is 11.4 Å². The molecule has 8 heteroatoms. The fraction of sp³-hybridized carbons (Fsp3) is 0.280. The molecule has 0 unspecified atom stereocenters. The molecule has 0 aliphatic carbocycles. The zero-order chi connectivity index (χ0) is 22.6. The summed E-state index contributed by atoms with van der Waals surface area (Å²) in [7, 11) is 2.18. The monoisotopic (exact) mass is 442 g/mol. The Balaban J connectivity index is 1.23. The Kier molecular flexibility index (Phi) is 6.10. The molecule has 4 N–H and O–H groups in total. The van der Waals surface area contributed by atoms with Crippen LogP contribution in [0.3, 0.4) is 0 Å². The van der Waals surface area contributed by atoms with Gasteiger partial charge in [0.15, 0.2) is 0 Å². The number of hydrogen-bond donors (Lipinski definition) is 4. The first-order valence-electron chi connectivity index (χ1n) is 11.3. The Bertz CT molecular complexity index is 1130. The summed E-state index contributed by atoms with van der Waals surface area (Å²) in [5, 5.41) is 6.72. The Morgan fingerprint density at radius 1 is 0.970 bits per heavy atom. The standard InChI is InChI=1S/C25H30N8/c1-18-4-3-5-21-22(16-27-31-24(18)21)29-23-10-11-26-25(30-23)28-20-8-6-19(7-9-20)17-33-14-12-32(2)13-15-33/h3-11,16,27,31H,12-15,17H2,1-2H3,(H2,26,28,29,30). The van der Waals surface area contributed by atoms with Gasteiger partial charge in [-0.1, -0.05) is 30.3 Å². The van der Waals surface area contributed by atoms with Crippen LogP contribution in [-0.4, -0.2) is 53.0 Å². The minimum atomic E-state index is 0.554. The van der Waals surface area contributed by atoms with Gasteiger partial charge in [-0.3, -0.25) is 4.90 Å². The number of nitrogens with zero attached hydrogens (tertiary/aromatic N) is 4. The smallest absolute Gasteiger partial charge is 0.229 e. The van der Waals surface area contributed by atoms with Crippen LogP contribution >= 0.6 is 0 Å². The number of nitrogens with one attached hydrogen (secondary N) is 4. The number of rotatable bonds is 6. The molecular formula is C25H30N8. The number of piperazine rings is 1. The molecule has 1 saturated heterocycles. The van der Waals surface area contributed by atoms with E-state index in [0.717, 1.165) is 61.2 Å². The number of hydrazine groups is 1. The maximum atomic E-state index is 4.65. The molecule has 1 aromatic heterocycles. The highest BCUT2D eigenvalue weighted by Gasteiger charge is 2.15. The number of fused-ring (bicyclic) bond motifs is 1. The summed E-state index contributed by atoms with van der Waals surface area (Å²) in [6.07, 6.45) is 3.65. The summed E-state index contributed by atoms with van der Waals surface area (Å²) in [4.78, 5) is 13.9. The zero-order valence-corrected chi connectivity index (χ0v) is 19.1. The maximum absolute atomic E-state index is 4.65. The maximum Gasteiger partial charge on any atom is 0.229 e. The van der Waals surface area contributed by atoms with Crippen LogP contribution in [0.15, 0.2) is 60.9 Å². The molecule has 2 aliphatic heterocycles. The van der Waals surface area contributed by atoms with Gasteiger partial charge >= 0.3 is 0 Å². The lowest BCUT2D eigenvalue weighted by atomic mass is 10.0. The van der Waals surface area contributed by atoms with E-state index in [2.05, 4.69) is 97.7 Å². The third-order valence-electron chi connectivity index (χ3n) is 6.11. The van der Waals surface area contributed by atoms with E-state index in [9.17, 15) is 0 Å². The Labute approximate surface area is 194 Å². The molecule has 0 bridgehead atoms. The topological polar surface area (TPSA) is 80.4 Å². The van der Waals surface area contributed by atoms with Gasteiger partial charge in [0.1, 0.15) is 5.82 Å². The second-order valence-electron chi connectivity index (χ2n) is 8.62. The van der Waals surface area contributed by atoms with Crippen LogP contribution in [0.5, 0.6) is 0 Å². The van der Waals surface area contributed by atoms with Crippen molar-refractivity contribution < 1.29 is 0 Å². The fourth-order valence-corrected chi connectivity index (χ4v) is 4.13. The molecule has 0 atom stereocenters. The van der Waals surface area contributed by atoms with Gasteiger partial charge in [0.25, 0.3) is 0 Å². The molecule has 0 saturated carbocycles. The Morgan fingerprint density at radius 3 is 2.61 bits per heavy atom. The van der Waals surface area contributed by atoms with Gasteiger partial charge in [-0.25, -0.2) is 4.98 Å². The van der Waals surface area contributed by atoms with E-state index in [1.807, 2.05) is 12.3 Å². The lowest BCUT2D eigenvalue weighted by Crippen LogP contribution is -2.43. The molecule has 33 heavy (non-hydrogen) atoms. The summed E-state index contributed by atoms with van der Waals surface area (Å²) in [5.41, 5.74) is 12.9. The molecule has 0 spiro atoms. The highest BCUT2D eigenvalue weighted by molar-refractivity contribution is 5.85. The predicted molar refractivity (Wildman–Crippen MR) is 134 cm³/mol. The fourth-order valence-electron chi connectivity index (χ4n) is 4.13. The van der Waals surface area contributed by atoms with Crippen molar-refractivity contribution in [1.29, 1.82) is 0 Å². The van der Waals surface area contributed by atoms with Crippen LogP contribution in [0.4, 0.5) is 23.1 Å². The summed E-state index contributed by atoms with van der Waals surface area (Å²) in [5.74, 6) is 1.28. The molecule has 5 rings (SSSR count). The first-order valence-corrected chi connectivity index (χ1v) is 11.3. The van der Waals surface area contributed by atoms with Crippen molar-refractivity contribution in [1.82, 2.24) is 25.2 Å². The highest BCUT2D eigenvalue weighted by atomic mass is 15.4. The highest BCUT2D eigenvalue weighted by Crippen LogP contribution is 2.29. The van der Waals surface area contributed by atoms with Gasteiger partial charge in [0.2, 0.25) is 5.95 Å². The molecule has 2 aromatic carbocycles. The van der Waals surface area contributed by atoms with Gasteiger partial charge in [-0.15, -0.1) is 0 Å². The minimum Gasteiger partial charge on any atom is -0.338 e. The van der Waals surface area contributed by atoms with Gasteiger partial charge in [-0.2, -0.15) is 4.98 Å². The quantitative estimate of drug-likeness (QED) is 0.461. The SMILES string of the molecule is Cc1cccc2c1NNC=C2Nc1ccnc(Nc2ccc(CN3CCN(C)CC3)cc2)n1. The molecule has 2 aliphatic rings. The molecule has 170 valence electrons. The van der Waals surface area contributed by atoms with Crippen LogP contribution in [-0.2, 0) is 6.54 Å². The second kappa shape index (κ2) is 9.48. The van der Waals surface area contributed by atoms with E-state index < -0.39 is 0 Å². The third-order valence-corrected chi connectivity index (χ3v) is 6.11. The van der Waals surface area contributed by atoms with Gasteiger partial charge in [-0.05, 0) is 43.3 Å². The zero-order valence-electron chi connectivity index (χ0n) is 19.1. The van der Waals surface area contributed by atoms with E-state index in [1.165, 1.54) is 11.1 Å². The van der Waals surface area contributed by atoms with E-state index in [1.54, 1.807) is 6.20 Å². The number of aromatic nitrogens is 2. The van der Waals surface area contributed by atoms with Crippen LogP contribution in [0, 0.1) is 6.92 Å². The van der Waals surface area contributed by atoms with Crippen molar-refractivity contribution in [3.8, 4) is 0 Å². The van der Waals surface area contributed by atoms with E-state index in [4.69, 9.17) is 0 Å². The van der Waals surface area contributed by atoms with Crippen LogP contribution in [0.2, 0.25) is 0 Å². The molecule has 1 fully saturated rings. The van der Waals surface area contributed by atoms with Crippen molar-refractivity contribution in [2.45, 2.75) is 13.5 Å². The van der Waals surface area contributed by atoms with Crippen molar-refractivity contribution in [2.24, 2.45) is 0 Å². The number of hydrogen-bond acceptors (Lipinski definition) is 8. The normalized spacial score (nSPS) is 16.2. The first kappa shape index (κ1) is 21.2. The van der Waals surface area contributed by atoms with E-state index >= 15 is 0 Å². The molecule has 0 amide bonds. The number of benzene rings is 2. The lowest BCUT2D eigenvalue weighted by molar-refractivity contribution is 0.148. The van der Waals surface area contributed by atoms with E-state index in [0.29, 0.717) is 5.95 Å². The Morgan fingerprint density at radius 2 is 1.79 bits per heavy atom. The Hall–Kier alpha value is -3.62. The third kappa shape index (κ3) is 5.08. The van der Waals surface area contributed by atoms with Gasteiger partial charge in [0, 0.05) is 56.4 Å². The van der Waals surface area contributed by atoms with Crippen LogP contribution in [0.1, 0.15) is 16.7 Å². The second-order valence-corrected chi connectivity index (χ2v) is 8.62. The molecule has 3 aromatic rings. The molecule has 0 radical (unpaired) electrons. The van der Waals surface area contributed by atoms with Crippen molar-refractivity contribution in [3.05, 3.63) is 77.6 Å². The number of likely N-dealkylation sites (N-methyl/N-ethyl adjacent to an activating group) is 1. The molecule has 8 nitrogen and oxygen atoms in total. The van der Waals surface area contributed by atoms with Crippen molar-refractivity contribution >= 4 is 28.8 Å². The van der Waals surface area contributed by atoms with Gasteiger partial charge < -0.3 is 26.4 Å².